The molecule has 1 saturated carbocycles. The van der Waals surface area contributed by atoms with Crippen molar-refractivity contribution in [3.8, 4) is 11.6 Å². The molecule has 27 heavy (non-hydrogen) atoms. The SMILES string of the molecule is COc1ccccc1[C@@H]1c2c(c[nH]c2O)N(C)[C@@H]2CCCC[C@H]2N1C(C)=O. The van der Waals surface area contributed by atoms with E-state index in [2.05, 4.69) is 16.9 Å². The van der Waals surface area contributed by atoms with Gasteiger partial charge in [0.15, 0.2) is 5.88 Å². The molecule has 1 aliphatic heterocycles. The smallest absolute Gasteiger partial charge is 0.220 e. The molecule has 0 unspecified atom stereocenters. The van der Waals surface area contributed by atoms with Gasteiger partial charge in [-0.2, -0.15) is 0 Å². The van der Waals surface area contributed by atoms with Crippen molar-refractivity contribution < 1.29 is 14.6 Å². The van der Waals surface area contributed by atoms with Crippen molar-refractivity contribution in [3.63, 3.8) is 0 Å². The van der Waals surface area contributed by atoms with Gasteiger partial charge < -0.3 is 24.6 Å². The predicted octanol–water partition coefficient (Wildman–Crippen LogP) is 3.43. The monoisotopic (exact) mass is 369 g/mol. The summed E-state index contributed by atoms with van der Waals surface area (Å²) >= 11 is 0. The van der Waals surface area contributed by atoms with E-state index in [1.807, 2.05) is 35.4 Å². The number of fused-ring (bicyclic) bond motifs is 2. The van der Waals surface area contributed by atoms with Crippen molar-refractivity contribution in [2.75, 3.05) is 19.1 Å². The number of rotatable bonds is 2. The molecule has 1 aromatic heterocycles. The first-order valence-corrected chi connectivity index (χ1v) is 9.59. The fourth-order valence-corrected chi connectivity index (χ4v) is 4.97. The average molecular weight is 369 g/mol. The Labute approximate surface area is 159 Å². The zero-order valence-corrected chi connectivity index (χ0v) is 16.1. The molecule has 1 amide bonds. The minimum absolute atomic E-state index is 0.0182. The van der Waals surface area contributed by atoms with Crippen LogP contribution in [-0.2, 0) is 4.79 Å². The number of para-hydroxylation sites is 1. The molecule has 6 nitrogen and oxygen atoms in total. The number of H-pyrrole nitrogens is 1. The van der Waals surface area contributed by atoms with E-state index in [1.165, 1.54) is 0 Å². The lowest BCUT2D eigenvalue weighted by Gasteiger charge is -2.43. The molecule has 3 atom stereocenters. The number of carbonyl (C=O) groups is 1. The van der Waals surface area contributed by atoms with E-state index in [9.17, 15) is 9.90 Å². The van der Waals surface area contributed by atoms with E-state index in [1.54, 1.807) is 14.0 Å². The quantitative estimate of drug-likeness (QED) is 0.851. The maximum atomic E-state index is 12.9. The number of methoxy groups -OCH3 is 1. The van der Waals surface area contributed by atoms with Gasteiger partial charge in [-0.3, -0.25) is 4.79 Å². The summed E-state index contributed by atoms with van der Waals surface area (Å²) < 4.78 is 5.62. The van der Waals surface area contributed by atoms with E-state index < -0.39 is 6.04 Å². The first-order chi connectivity index (χ1) is 13.0. The van der Waals surface area contributed by atoms with Gasteiger partial charge >= 0.3 is 0 Å². The summed E-state index contributed by atoms with van der Waals surface area (Å²) in [7, 11) is 3.71. The molecule has 2 N–H and O–H groups in total. The maximum Gasteiger partial charge on any atom is 0.220 e. The van der Waals surface area contributed by atoms with Gasteiger partial charge in [-0.15, -0.1) is 0 Å². The molecule has 1 aliphatic carbocycles. The van der Waals surface area contributed by atoms with Crippen LogP contribution in [0.2, 0.25) is 0 Å². The standard InChI is InChI=1S/C21H27N3O3/c1-13(25)24-16-10-6-5-9-15(16)23(2)17-12-22-21(26)19(17)20(24)14-8-4-7-11-18(14)27-3/h4,7-8,11-12,15-16,20,22,26H,5-6,9-10H2,1-3H3/t15-,16-,20-/m1/s1. The zero-order valence-electron chi connectivity index (χ0n) is 16.1. The molecule has 1 fully saturated rings. The average Bonchev–Trinajstić information content (AvgIpc) is 3.01. The number of hydrogen-bond acceptors (Lipinski definition) is 4. The molecule has 0 saturated heterocycles. The van der Waals surface area contributed by atoms with Gasteiger partial charge in [0.25, 0.3) is 0 Å². The highest BCUT2D eigenvalue weighted by Crippen LogP contribution is 2.49. The summed E-state index contributed by atoms with van der Waals surface area (Å²) in [5.41, 5.74) is 2.58. The summed E-state index contributed by atoms with van der Waals surface area (Å²) in [5, 5.41) is 10.7. The molecule has 0 bridgehead atoms. The third kappa shape index (κ3) is 2.74. The lowest BCUT2D eigenvalue weighted by atomic mass is 9.87. The lowest BCUT2D eigenvalue weighted by Crippen LogP contribution is -2.53. The molecule has 144 valence electrons. The van der Waals surface area contributed by atoms with Crippen molar-refractivity contribution >= 4 is 11.6 Å². The van der Waals surface area contributed by atoms with Crippen molar-refractivity contribution in [2.24, 2.45) is 0 Å². The summed E-state index contributed by atoms with van der Waals surface area (Å²) in [6.07, 6.45) is 6.12. The number of aromatic hydroxyl groups is 1. The van der Waals surface area contributed by atoms with Gasteiger partial charge in [0.2, 0.25) is 5.91 Å². The summed E-state index contributed by atoms with van der Waals surface area (Å²) in [6, 6.07) is 7.70. The molecule has 4 rings (SSSR count). The summed E-state index contributed by atoms with van der Waals surface area (Å²) in [4.78, 5) is 20.1. The number of aromatic nitrogens is 1. The molecule has 2 heterocycles. The van der Waals surface area contributed by atoms with E-state index >= 15 is 0 Å². The van der Waals surface area contributed by atoms with Crippen molar-refractivity contribution in [3.05, 3.63) is 41.6 Å². The summed E-state index contributed by atoms with van der Waals surface area (Å²) in [5.74, 6) is 0.847. The van der Waals surface area contributed by atoms with Crippen LogP contribution in [0.5, 0.6) is 11.6 Å². The van der Waals surface area contributed by atoms with Crippen molar-refractivity contribution in [2.45, 2.75) is 50.7 Å². The first kappa shape index (κ1) is 17.8. The second-order valence-electron chi connectivity index (χ2n) is 7.54. The topological polar surface area (TPSA) is 68.8 Å². The largest absolute Gasteiger partial charge is 0.496 e. The van der Waals surface area contributed by atoms with Crippen molar-refractivity contribution in [1.82, 2.24) is 9.88 Å². The maximum absolute atomic E-state index is 12.9. The number of likely N-dealkylation sites (N-methyl/N-ethyl adjacent to an activating group) is 1. The van der Waals surface area contributed by atoms with Crippen LogP contribution in [0, 0.1) is 0 Å². The number of hydrogen-bond donors (Lipinski definition) is 2. The van der Waals surface area contributed by atoms with Gasteiger partial charge in [0.05, 0.1) is 30.4 Å². The minimum Gasteiger partial charge on any atom is -0.496 e. The lowest BCUT2D eigenvalue weighted by molar-refractivity contribution is -0.134. The number of benzene rings is 1. The molecule has 1 aromatic carbocycles. The highest BCUT2D eigenvalue weighted by atomic mass is 16.5. The second-order valence-corrected chi connectivity index (χ2v) is 7.54. The number of aromatic amines is 1. The molecule has 0 radical (unpaired) electrons. The Morgan fingerprint density at radius 2 is 1.93 bits per heavy atom. The molecule has 0 spiro atoms. The number of nitrogens with one attached hydrogen (secondary N) is 1. The highest BCUT2D eigenvalue weighted by Gasteiger charge is 2.45. The third-order valence-corrected chi connectivity index (χ3v) is 6.15. The van der Waals surface area contributed by atoms with E-state index in [4.69, 9.17) is 4.74 Å². The number of amides is 1. The molecule has 2 aromatic rings. The van der Waals surface area contributed by atoms with Crippen LogP contribution >= 0.6 is 0 Å². The predicted molar refractivity (Wildman–Crippen MR) is 104 cm³/mol. The van der Waals surface area contributed by atoms with E-state index in [0.717, 1.165) is 48.2 Å². The van der Waals surface area contributed by atoms with Gasteiger partial charge in [-0.05, 0) is 18.9 Å². The van der Waals surface area contributed by atoms with E-state index in [-0.39, 0.29) is 23.9 Å². The van der Waals surface area contributed by atoms with Crippen LogP contribution in [0.3, 0.4) is 0 Å². The van der Waals surface area contributed by atoms with Gasteiger partial charge in [0.1, 0.15) is 5.75 Å². The van der Waals surface area contributed by atoms with Crippen LogP contribution in [0.15, 0.2) is 30.5 Å². The van der Waals surface area contributed by atoms with Crippen LogP contribution in [0.25, 0.3) is 0 Å². The Morgan fingerprint density at radius 3 is 2.63 bits per heavy atom. The van der Waals surface area contributed by atoms with Crippen LogP contribution < -0.4 is 9.64 Å². The Hall–Kier alpha value is -2.63. The van der Waals surface area contributed by atoms with Crippen molar-refractivity contribution in [1.29, 1.82) is 0 Å². The van der Waals surface area contributed by atoms with Gasteiger partial charge in [0, 0.05) is 31.8 Å². The van der Waals surface area contributed by atoms with Crippen LogP contribution in [0.1, 0.15) is 49.8 Å². The molecular formula is C21H27N3O3. The van der Waals surface area contributed by atoms with Gasteiger partial charge in [-0.1, -0.05) is 31.0 Å². The van der Waals surface area contributed by atoms with Crippen LogP contribution in [-0.4, -0.2) is 47.1 Å². The Balaban J connectivity index is 1.98. The molecular weight excluding hydrogens is 342 g/mol. The Morgan fingerprint density at radius 1 is 1.22 bits per heavy atom. The van der Waals surface area contributed by atoms with Gasteiger partial charge in [-0.25, -0.2) is 0 Å². The number of anilines is 1. The molecule has 2 aliphatic rings. The van der Waals surface area contributed by atoms with E-state index in [0.29, 0.717) is 0 Å². The third-order valence-electron chi connectivity index (χ3n) is 6.15. The number of nitrogens with zero attached hydrogens (tertiary/aromatic N) is 2. The minimum atomic E-state index is -0.393. The first-order valence-electron chi connectivity index (χ1n) is 9.59. The Bertz CT molecular complexity index is 847. The summed E-state index contributed by atoms with van der Waals surface area (Å²) in [6.45, 7) is 1.63. The normalized spacial score (nSPS) is 24.8. The fourth-order valence-electron chi connectivity index (χ4n) is 4.97. The fraction of sp³-hybridized carbons (Fsp3) is 0.476. The number of ether oxygens (including phenoxy) is 1. The number of carbonyl (C=O) groups excluding carboxylic acids is 1. The Kier molecular flexibility index (Phi) is 4.50. The molecule has 6 heteroatoms. The highest BCUT2D eigenvalue weighted by molar-refractivity contribution is 5.77. The zero-order chi connectivity index (χ0) is 19.1. The van der Waals surface area contributed by atoms with Crippen LogP contribution in [0.4, 0.5) is 5.69 Å². The second kappa shape index (κ2) is 6.83.